The normalized spacial score (nSPS) is 17.6. The summed E-state index contributed by atoms with van der Waals surface area (Å²) in [5.74, 6) is 0. The first-order valence-electron chi connectivity index (χ1n) is 6.21. The van der Waals surface area contributed by atoms with Gasteiger partial charge in [-0.15, -0.1) is 0 Å². The van der Waals surface area contributed by atoms with Crippen LogP contribution in [0.4, 0.5) is 0 Å². The van der Waals surface area contributed by atoms with E-state index in [-0.39, 0.29) is 0 Å². The molecule has 1 aromatic rings. The molecule has 2 rings (SSSR count). The van der Waals surface area contributed by atoms with Gasteiger partial charge in [0.2, 0.25) is 0 Å². The molecular formula is C13H17Cl2N3S. The lowest BCUT2D eigenvalue weighted by Gasteiger charge is -2.34. The maximum absolute atomic E-state index is 6.18. The molecule has 0 saturated carbocycles. The van der Waals surface area contributed by atoms with Gasteiger partial charge in [-0.1, -0.05) is 35.4 Å². The van der Waals surface area contributed by atoms with E-state index in [1.807, 2.05) is 18.2 Å². The number of hydrogen-bond acceptors (Lipinski definition) is 3. The highest BCUT2D eigenvalue weighted by atomic mass is 35.5. The van der Waals surface area contributed by atoms with Crippen molar-refractivity contribution in [2.24, 2.45) is 5.73 Å². The Bertz CT molecular complexity index is 459. The molecule has 1 aromatic carbocycles. The Kier molecular flexibility index (Phi) is 5.42. The van der Waals surface area contributed by atoms with Crippen molar-refractivity contribution in [2.45, 2.75) is 6.54 Å². The summed E-state index contributed by atoms with van der Waals surface area (Å²) >= 11 is 17.1. The van der Waals surface area contributed by atoms with Gasteiger partial charge in [-0.2, -0.15) is 0 Å². The molecular weight excluding hydrogens is 301 g/mol. The Morgan fingerprint density at radius 3 is 2.42 bits per heavy atom. The van der Waals surface area contributed by atoms with Gasteiger partial charge in [-0.3, -0.25) is 9.80 Å². The van der Waals surface area contributed by atoms with Crippen molar-refractivity contribution >= 4 is 40.4 Å². The standard InChI is InChI=1S/C13H17Cl2N3S/c14-11-1-2-12(15)10(7-11)8-17-3-5-18(6-4-17)9-13(16)19/h1-2,7H,3-6,8-9H2,(H2,16,19). The molecule has 0 atom stereocenters. The maximum Gasteiger partial charge on any atom is 0.0870 e. The van der Waals surface area contributed by atoms with Crippen molar-refractivity contribution in [3.63, 3.8) is 0 Å². The molecule has 0 aromatic heterocycles. The molecule has 0 bridgehead atoms. The Labute approximate surface area is 129 Å². The summed E-state index contributed by atoms with van der Waals surface area (Å²) in [6, 6.07) is 5.60. The molecule has 0 unspecified atom stereocenters. The van der Waals surface area contributed by atoms with Gasteiger partial charge < -0.3 is 5.73 Å². The smallest absolute Gasteiger partial charge is 0.0870 e. The highest BCUT2D eigenvalue weighted by Crippen LogP contribution is 2.22. The van der Waals surface area contributed by atoms with Crippen LogP contribution in [0.2, 0.25) is 10.0 Å². The fourth-order valence-corrected chi connectivity index (χ4v) is 2.79. The molecule has 1 heterocycles. The summed E-state index contributed by atoms with van der Waals surface area (Å²) in [4.78, 5) is 5.21. The van der Waals surface area contributed by atoms with Crippen molar-refractivity contribution in [1.82, 2.24) is 9.80 Å². The van der Waals surface area contributed by atoms with Gasteiger partial charge in [0.1, 0.15) is 0 Å². The van der Waals surface area contributed by atoms with Crippen molar-refractivity contribution < 1.29 is 0 Å². The third kappa shape index (κ3) is 4.58. The largest absolute Gasteiger partial charge is 0.392 e. The quantitative estimate of drug-likeness (QED) is 0.864. The first-order valence-corrected chi connectivity index (χ1v) is 7.38. The number of hydrogen-bond donors (Lipinski definition) is 1. The first-order chi connectivity index (χ1) is 9.04. The molecule has 1 saturated heterocycles. The van der Waals surface area contributed by atoms with Crippen LogP contribution < -0.4 is 5.73 Å². The summed E-state index contributed by atoms with van der Waals surface area (Å²) in [7, 11) is 0. The number of nitrogens with two attached hydrogens (primary N) is 1. The number of piperazine rings is 1. The predicted octanol–water partition coefficient (Wildman–Crippen LogP) is 2.40. The summed E-state index contributed by atoms with van der Waals surface area (Å²) < 4.78 is 0. The van der Waals surface area contributed by atoms with Gasteiger partial charge in [0.15, 0.2) is 0 Å². The molecule has 3 nitrogen and oxygen atoms in total. The highest BCUT2D eigenvalue weighted by molar-refractivity contribution is 7.80. The van der Waals surface area contributed by atoms with E-state index in [1.165, 1.54) is 0 Å². The molecule has 0 aliphatic carbocycles. The zero-order chi connectivity index (χ0) is 13.8. The van der Waals surface area contributed by atoms with Crippen LogP contribution in [0.15, 0.2) is 18.2 Å². The molecule has 0 spiro atoms. The van der Waals surface area contributed by atoms with Gasteiger partial charge in [-0.05, 0) is 23.8 Å². The monoisotopic (exact) mass is 317 g/mol. The number of nitrogens with zero attached hydrogens (tertiary/aromatic N) is 2. The predicted molar refractivity (Wildman–Crippen MR) is 85.0 cm³/mol. The maximum atomic E-state index is 6.18. The third-order valence-electron chi connectivity index (χ3n) is 3.25. The van der Waals surface area contributed by atoms with E-state index in [9.17, 15) is 0 Å². The molecule has 104 valence electrons. The van der Waals surface area contributed by atoms with E-state index in [1.54, 1.807) is 0 Å². The topological polar surface area (TPSA) is 32.5 Å². The van der Waals surface area contributed by atoms with E-state index in [0.717, 1.165) is 48.3 Å². The minimum atomic E-state index is 0.561. The lowest BCUT2D eigenvalue weighted by molar-refractivity contribution is 0.140. The molecule has 1 aliphatic heterocycles. The van der Waals surface area contributed by atoms with Gasteiger partial charge in [0.05, 0.1) is 4.99 Å². The van der Waals surface area contributed by atoms with Gasteiger partial charge >= 0.3 is 0 Å². The fraction of sp³-hybridized carbons (Fsp3) is 0.462. The van der Waals surface area contributed by atoms with Crippen LogP contribution in [0.25, 0.3) is 0 Å². The third-order valence-corrected chi connectivity index (χ3v) is 3.98. The van der Waals surface area contributed by atoms with Gasteiger partial charge in [0, 0.05) is 49.3 Å². The van der Waals surface area contributed by atoms with Crippen molar-refractivity contribution in [2.75, 3.05) is 32.7 Å². The van der Waals surface area contributed by atoms with Crippen molar-refractivity contribution in [3.8, 4) is 0 Å². The zero-order valence-electron chi connectivity index (χ0n) is 10.6. The summed E-state index contributed by atoms with van der Waals surface area (Å²) in [6.45, 7) is 5.49. The van der Waals surface area contributed by atoms with Crippen LogP contribution in [0, 0.1) is 0 Å². The average Bonchev–Trinajstić information content (AvgIpc) is 2.35. The van der Waals surface area contributed by atoms with E-state index in [0.29, 0.717) is 11.5 Å². The number of benzene rings is 1. The van der Waals surface area contributed by atoms with Crippen LogP contribution in [-0.2, 0) is 6.54 Å². The summed E-state index contributed by atoms with van der Waals surface area (Å²) in [6.07, 6.45) is 0. The van der Waals surface area contributed by atoms with E-state index in [4.69, 9.17) is 41.2 Å². The van der Waals surface area contributed by atoms with Crippen LogP contribution in [0.5, 0.6) is 0 Å². The van der Waals surface area contributed by atoms with E-state index in [2.05, 4.69) is 9.80 Å². The molecule has 2 N–H and O–H groups in total. The number of halogens is 2. The van der Waals surface area contributed by atoms with Crippen LogP contribution in [-0.4, -0.2) is 47.5 Å². The van der Waals surface area contributed by atoms with Gasteiger partial charge in [0.25, 0.3) is 0 Å². The second-order valence-corrected chi connectivity index (χ2v) is 6.12. The highest BCUT2D eigenvalue weighted by Gasteiger charge is 2.18. The molecule has 6 heteroatoms. The van der Waals surface area contributed by atoms with Gasteiger partial charge in [-0.25, -0.2) is 0 Å². The number of rotatable bonds is 4. The van der Waals surface area contributed by atoms with Crippen LogP contribution in [0.3, 0.4) is 0 Å². The van der Waals surface area contributed by atoms with Crippen LogP contribution in [0.1, 0.15) is 5.56 Å². The average molecular weight is 318 g/mol. The first kappa shape index (κ1) is 15.0. The molecule has 19 heavy (non-hydrogen) atoms. The SMILES string of the molecule is NC(=S)CN1CCN(Cc2cc(Cl)ccc2Cl)CC1. The van der Waals surface area contributed by atoms with E-state index < -0.39 is 0 Å². The van der Waals surface area contributed by atoms with Crippen molar-refractivity contribution in [3.05, 3.63) is 33.8 Å². The molecule has 0 radical (unpaired) electrons. The van der Waals surface area contributed by atoms with E-state index >= 15 is 0 Å². The number of thiocarbonyl (C=S) groups is 1. The second kappa shape index (κ2) is 6.86. The molecule has 1 aliphatic rings. The lowest BCUT2D eigenvalue weighted by atomic mass is 10.2. The Morgan fingerprint density at radius 2 is 1.79 bits per heavy atom. The summed E-state index contributed by atoms with van der Waals surface area (Å²) in [5.41, 5.74) is 6.64. The molecule has 0 amide bonds. The van der Waals surface area contributed by atoms with Crippen LogP contribution >= 0.6 is 35.4 Å². The Morgan fingerprint density at radius 1 is 1.16 bits per heavy atom. The Balaban J connectivity index is 1.88. The van der Waals surface area contributed by atoms with Crippen molar-refractivity contribution in [1.29, 1.82) is 0 Å². The minimum absolute atomic E-state index is 0.561. The Hall–Kier alpha value is -0.390. The second-order valence-electron chi connectivity index (χ2n) is 4.75. The minimum Gasteiger partial charge on any atom is -0.392 e. The summed E-state index contributed by atoms with van der Waals surface area (Å²) in [5, 5.41) is 1.50. The molecule has 1 fully saturated rings. The lowest BCUT2D eigenvalue weighted by Crippen LogP contribution is -2.48. The fourth-order valence-electron chi connectivity index (χ4n) is 2.23. The zero-order valence-corrected chi connectivity index (χ0v) is 12.9.